The Hall–Kier alpha value is -4.90. The monoisotopic (exact) mass is 585 g/mol. The van der Waals surface area contributed by atoms with Crippen molar-refractivity contribution in [2.75, 3.05) is 32.6 Å². The minimum atomic E-state index is -1.16. The smallest absolute Gasteiger partial charge is 0.348 e. The van der Waals surface area contributed by atoms with E-state index in [9.17, 15) is 14.7 Å². The molecule has 1 aromatic heterocycles. The number of nitrogens with two attached hydrogens (primary N) is 1. The van der Waals surface area contributed by atoms with Gasteiger partial charge in [0.25, 0.3) is 0 Å². The molecular formula is C32H39N7O4. The van der Waals surface area contributed by atoms with Crippen LogP contribution in [0.5, 0.6) is 5.75 Å². The van der Waals surface area contributed by atoms with E-state index in [2.05, 4.69) is 41.1 Å². The average Bonchev–Trinajstić information content (AvgIpc) is 3.35. The van der Waals surface area contributed by atoms with Crippen molar-refractivity contribution < 1.29 is 14.6 Å². The first-order valence-corrected chi connectivity index (χ1v) is 14.0. The Morgan fingerprint density at radius 2 is 1.86 bits per heavy atom. The van der Waals surface area contributed by atoms with E-state index in [-0.39, 0.29) is 28.3 Å². The van der Waals surface area contributed by atoms with E-state index in [1.807, 2.05) is 32.3 Å². The Morgan fingerprint density at radius 1 is 1.16 bits per heavy atom. The minimum absolute atomic E-state index is 0.0436. The van der Waals surface area contributed by atoms with Gasteiger partial charge in [-0.3, -0.25) is 10.4 Å². The summed E-state index contributed by atoms with van der Waals surface area (Å²) >= 11 is 0. The number of hydrogen-bond donors (Lipinski definition) is 5. The lowest BCUT2D eigenvalue weighted by molar-refractivity contribution is 0.0696. The molecule has 3 aromatic carbocycles. The Labute approximate surface area is 250 Å². The molecule has 0 aliphatic heterocycles. The summed E-state index contributed by atoms with van der Waals surface area (Å²) in [6, 6.07) is 18.6. The molecule has 6 N–H and O–H groups in total. The van der Waals surface area contributed by atoms with Crippen LogP contribution in [0.3, 0.4) is 0 Å². The molecule has 0 saturated carbocycles. The van der Waals surface area contributed by atoms with Crippen molar-refractivity contribution in [2.24, 2.45) is 11.1 Å². The number of nitrogens with zero attached hydrogens (tertiary/aromatic N) is 3. The largest absolute Gasteiger partial charge is 0.493 e. The van der Waals surface area contributed by atoms with E-state index in [1.165, 1.54) is 12.1 Å². The van der Waals surface area contributed by atoms with Crippen molar-refractivity contribution in [3.63, 3.8) is 0 Å². The maximum Gasteiger partial charge on any atom is 0.348 e. The average molecular weight is 586 g/mol. The van der Waals surface area contributed by atoms with Crippen LogP contribution in [-0.2, 0) is 6.42 Å². The summed E-state index contributed by atoms with van der Waals surface area (Å²) in [4.78, 5) is 30.0. The molecule has 4 rings (SSSR count). The fraction of sp³-hybridized carbons (Fsp3) is 0.312. The number of hydrogen-bond acceptors (Lipinski definition) is 7. The van der Waals surface area contributed by atoms with Crippen LogP contribution in [0.2, 0.25) is 0 Å². The number of carboxylic acid groups (broad SMARTS) is 1. The second-order valence-electron chi connectivity index (χ2n) is 11.6. The second kappa shape index (κ2) is 13.0. The zero-order valence-corrected chi connectivity index (χ0v) is 25.1. The number of benzene rings is 3. The molecule has 0 spiro atoms. The normalized spacial score (nSPS) is 12.2. The summed E-state index contributed by atoms with van der Waals surface area (Å²) in [6.07, 6.45) is 0.752. The quantitative estimate of drug-likeness (QED) is 0.115. The maximum atomic E-state index is 13.2. The number of nitrogen functional groups attached to an aromatic ring is 1. The third-order valence-electron chi connectivity index (χ3n) is 6.88. The topological polar surface area (TPSA) is 162 Å². The first-order chi connectivity index (χ1) is 20.4. The van der Waals surface area contributed by atoms with E-state index in [4.69, 9.17) is 15.9 Å². The summed E-state index contributed by atoms with van der Waals surface area (Å²) < 4.78 is 7.39. The van der Waals surface area contributed by atoms with E-state index in [0.29, 0.717) is 23.6 Å². The van der Waals surface area contributed by atoms with Crippen LogP contribution >= 0.6 is 0 Å². The van der Waals surface area contributed by atoms with E-state index >= 15 is 0 Å². The summed E-state index contributed by atoms with van der Waals surface area (Å²) in [7, 11) is 4.07. The van der Waals surface area contributed by atoms with E-state index in [0.717, 1.165) is 28.8 Å². The minimum Gasteiger partial charge on any atom is -0.493 e. The number of carboxylic acids is 1. The highest BCUT2D eigenvalue weighted by atomic mass is 16.5. The molecule has 11 nitrogen and oxygen atoms in total. The van der Waals surface area contributed by atoms with Crippen LogP contribution in [-0.4, -0.2) is 63.8 Å². The molecule has 0 aliphatic carbocycles. The predicted octanol–water partition coefficient (Wildman–Crippen LogP) is 4.27. The van der Waals surface area contributed by atoms with Gasteiger partial charge in [0.2, 0.25) is 0 Å². The maximum absolute atomic E-state index is 13.2. The van der Waals surface area contributed by atoms with Gasteiger partial charge in [-0.2, -0.15) is 4.68 Å². The summed E-state index contributed by atoms with van der Waals surface area (Å²) in [5, 5.41) is 25.4. The Bertz CT molecular complexity index is 1650. The van der Waals surface area contributed by atoms with Gasteiger partial charge in [0.1, 0.15) is 17.6 Å². The van der Waals surface area contributed by atoms with Crippen LogP contribution in [0.15, 0.2) is 71.5 Å². The summed E-state index contributed by atoms with van der Waals surface area (Å²) in [6.45, 7) is 7.71. The fourth-order valence-electron chi connectivity index (χ4n) is 5.02. The number of aromatic nitrogens is 3. The molecular weight excluding hydrogens is 546 g/mol. The number of aromatic amines is 1. The lowest BCUT2D eigenvalue weighted by atomic mass is 9.94. The Morgan fingerprint density at radius 3 is 2.49 bits per heavy atom. The number of ether oxygens (including phenoxy) is 1. The molecule has 1 atom stereocenters. The molecule has 4 aromatic rings. The zero-order chi connectivity index (χ0) is 31.3. The van der Waals surface area contributed by atoms with Crippen molar-refractivity contribution in [3.8, 4) is 11.4 Å². The van der Waals surface area contributed by atoms with Gasteiger partial charge >= 0.3 is 11.7 Å². The first kappa shape index (κ1) is 31.0. The highest BCUT2D eigenvalue weighted by Crippen LogP contribution is 2.30. The van der Waals surface area contributed by atoms with Gasteiger partial charge in [-0.05, 0) is 80.2 Å². The standard InChI is InChI=1S/C32H39N7O4/c1-6-20-15-22(17-24(16-20)43-19-32(2,3)18-38(4)5)27(35-23-13-11-21(12-14-23)28(33)34)29-36-31(42)39(37-29)26-10-8-7-9-25(26)30(40)41/h7-17,27,35H,6,18-19H2,1-5H3,(H3,33,34)(H,40,41)(H,36,37,42). The first-order valence-electron chi connectivity index (χ1n) is 14.0. The Kier molecular flexibility index (Phi) is 9.35. The number of anilines is 1. The van der Waals surface area contributed by atoms with Crippen molar-refractivity contribution >= 4 is 17.5 Å². The van der Waals surface area contributed by atoms with Crippen LogP contribution in [0, 0.1) is 10.8 Å². The predicted molar refractivity (Wildman–Crippen MR) is 168 cm³/mol. The fourth-order valence-corrected chi connectivity index (χ4v) is 5.02. The van der Waals surface area contributed by atoms with E-state index < -0.39 is 17.7 Å². The Balaban J connectivity index is 1.79. The molecule has 43 heavy (non-hydrogen) atoms. The van der Waals surface area contributed by atoms with E-state index in [1.54, 1.807) is 36.4 Å². The van der Waals surface area contributed by atoms with Gasteiger partial charge in [0.05, 0.1) is 17.9 Å². The number of carbonyl (C=O) groups is 1. The summed E-state index contributed by atoms with van der Waals surface area (Å²) in [5.41, 5.74) is 8.19. The van der Waals surface area contributed by atoms with Crippen molar-refractivity contribution in [2.45, 2.75) is 33.2 Å². The molecule has 0 aliphatic rings. The zero-order valence-electron chi connectivity index (χ0n) is 25.1. The third kappa shape index (κ3) is 7.69. The molecule has 0 bridgehead atoms. The molecule has 0 radical (unpaired) electrons. The van der Waals surface area contributed by atoms with Crippen LogP contribution < -0.4 is 21.5 Å². The summed E-state index contributed by atoms with van der Waals surface area (Å²) in [5.74, 6) is -0.231. The second-order valence-corrected chi connectivity index (χ2v) is 11.6. The SMILES string of the molecule is CCc1cc(OCC(C)(C)CN(C)C)cc(C(Nc2ccc(C(=N)N)cc2)c2nn(-c3ccccc3C(=O)O)c(=O)[nH]2)c1. The van der Waals surface area contributed by atoms with Gasteiger partial charge < -0.3 is 25.8 Å². The highest BCUT2D eigenvalue weighted by Gasteiger charge is 2.24. The molecule has 0 fully saturated rings. The number of H-pyrrole nitrogens is 1. The van der Waals surface area contributed by atoms with Crippen LogP contribution in [0.1, 0.15) is 59.7 Å². The van der Waals surface area contributed by atoms with Gasteiger partial charge in [-0.1, -0.05) is 39.0 Å². The van der Waals surface area contributed by atoms with Crippen molar-refractivity contribution in [1.29, 1.82) is 5.41 Å². The van der Waals surface area contributed by atoms with Crippen LogP contribution in [0.25, 0.3) is 5.69 Å². The number of nitrogens with one attached hydrogen (secondary N) is 3. The van der Waals surface area contributed by atoms with Crippen molar-refractivity contribution in [1.82, 2.24) is 19.7 Å². The lowest BCUT2D eigenvalue weighted by Gasteiger charge is -2.28. The molecule has 0 saturated heterocycles. The van der Waals surface area contributed by atoms with Crippen LogP contribution in [0.4, 0.5) is 5.69 Å². The molecule has 226 valence electrons. The number of rotatable bonds is 13. The molecule has 1 unspecified atom stereocenters. The number of aromatic carboxylic acids is 1. The number of para-hydroxylation sites is 1. The van der Waals surface area contributed by atoms with Crippen molar-refractivity contribution in [3.05, 3.63) is 105 Å². The third-order valence-corrected chi connectivity index (χ3v) is 6.88. The van der Waals surface area contributed by atoms with Gasteiger partial charge in [-0.15, -0.1) is 5.10 Å². The number of amidine groups is 1. The number of aryl methyl sites for hydroxylation is 1. The van der Waals surface area contributed by atoms with Gasteiger partial charge in [0, 0.05) is 23.2 Å². The highest BCUT2D eigenvalue weighted by molar-refractivity contribution is 5.95. The molecule has 1 heterocycles. The molecule has 11 heteroatoms. The lowest BCUT2D eigenvalue weighted by Crippen LogP contribution is -2.33. The molecule has 0 amide bonds. The van der Waals surface area contributed by atoms with Gasteiger partial charge in [0.15, 0.2) is 5.82 Å². The van der Waals surface area contributed by atoms with Gasteiger partial charge in [-0.25, -0.2) is 9.59 Å².